The molecule has 10 heteroatoms. The minimum Gasteiger partial charge on any atom is -0.505 e. The second kappa shape index (κ2) is 12.0. The maximum atomic E-state index is 12.0. The minimum absolute atomic E-state index is 0.0159. The van der Waals surface area contributed by atoms with Gasteiger partial charge in [0.2, 0.25) is 0 Å². The molecular weight excluding hydrogens is 556 g/mol. The maximum Gasteiger partial charge on any atom is 0.333 e. The second-order valence-electron chi connectivity index (χ2n) is 10.8. The Morgan fingerprint density at radius 1 is 0.750 bits per heavy atom. The molecule has 4 aromatic carbocycles. The first kappa shape index (κ1) is 28.6. The number of carbonyl (C=O) groups is 1. The Bertz CT molecular complexity index is 1960. The zero-order chi connectivity index (χ0) is 30.8. The van der Waals surface area contributed by atoms with Crippen LogP contribution in [0.15, 0.2) is 84.9 Å². The van der Waals surface area contributed by atoms with Gasteiger partial charge in [-0.1, -0.05) is 56.3 Å². The molecule has 0 aliphatic heterocycles. The summed E-state index contributed by atoms with van der Waals surface area (Å²) in [6.45, 7) is 7.46. The van der Waals surface area contributed by atoms with Gasteiger partial charge in [-0.25, -0.2) is 4.79 Å². The summed E-state index contributed by atoms with van der Waals surface area (Å²) in [5.74, 6) is -0.457. The Morgan fingerprint density at radius 2 is 1.18 bits per heavy atom. The summed E-state index contributed by atoms with van der Waals surface area (Å²) >= 11 is 0. The number of hydrogen-bond acceptors (Lipinski definition) is 8. The van der Waals surface area contributed by atoms with Crippen molar-refractivity contribution in [3.63, 3.8) is 0 Å². The Balaban J connectivity index is 1.43. The van der Waals surface area contributed by atoms with E-state index in [1.807, 2.05) is 66.7 Å². The third-order valence-corrected chi connectivity index (χ3v) is 7.35. The smallest absolute Gasteiger partial charge is 0.333 e. The first-order valence-corrected chi connectivity index (χ1v) is 14.5. The zero-order valence-electron chi connectivity index (χ0n) is 24.6. The second-order valence-corrected chi connectivity index (χ2v) is 10.8. The van der Waals surface area contributed by atoms with Gasteiger partial charge in [0.15, 0.2) is 0 Å². The lowest BCUT2D eigenvalue weighted by molar-refractivity contribution is -0.138. The summed E-state index contributed by atoms with van der Waals surface area (Å²) in [6, 6.07) is 22.5. The molecule has 2 aromatic heterocycles. The van der Waals surface area contributed by atoms with Gasteiger partial charge in [0.25, 0.3) is 0 Å². The fraction of sp³-hybridized carbons (Fsp3) is 0.206. The average molecular weight is 589 g/mol. The number of esters is 1. The summed E-state index contributed by atoms with van der Waals surface area (Å²) < 4.78 is 5.35. The molecule has 6 aromatic rings. The minimum atomic E-state index is -0.464. The Labute approximate surface area is 253 Å². The predicted octanol–water partition coefficient (Wildman–Crippen LogP) is 5.77. The highest BCUT2D eigenvalue weighted by Crippen LogP contribution is 2.35. The number of nitrogens with zero attached hydrogens (tertiary/aromatic N) is 6. The molecule has 0 aliphatic rings. The standard InChI is InChI=1S/C34H32N6O4/c1-4-9-22-16-24(32(41)30(18-22)39-35-26-10-5-6-11-27(26)36-39)20-25-17-23(14-15-44-34(43)21(2)3)19-31(33(25)42)40-37-28-12-7-8-13-29(28)38-40/h5-8,10-13,16-19,41-42H,2,4,9,14-15,20H2,1,3H3. The molecule has 6 rings (SSSR count). The SMILES string of the molecule is C=C(C)C(=O)OCCc1cc(Cc2cc(CCC)cc(-n3nc4ccccc4n3)c2O)c(O)c(-n2nc3ccccc3n2)c1. The van der Waals surface area contributed by atoms with Crippen LogP contribution in [0.2, 0.25) is 0 Å². The summed E-state index contributed by atoms with van der Waals surface area (Å²) in [5, 5.41) is 41.4. The van der Waals surface area contributed by atoms with Gasteiger partial charge in [-0.3, -0.25) is 0 Å². The van der Waals surface area contributed by atoms with Gasteiger partial charge in [0.05, 0.1) is 6.61 Å². The number of benzene rings is 4. The molecule has 2 N–H and O–H groups in total. The van der Waals surface area contributed by atoms with E-state index < -0.39 is 5.97 Å². The molecule has 0 radical (unpaired) electrons. The molecule has 10 nitrogen and oxygen atoms in total. The predicted molar refractivity (Wildman–Crippen MR) is 167 cm³/mol. The highest BCUT2D eigenvalue weighted by Gasteiger charge is 2.20. The van der Waals surface area contributed by atoms with Gasteiger partial charge in [-0.05, 0) is 60.9 Å². The molecule has 0 unspecified atom stereocenters. The van der Waals surface area contributed by atoms with Crippen LogP contribution in [0.1, 0.15) is 42.5 Å². The molecule has 0 saturated heterocycles. The van der Waals surface area contributed by atoms with Gasteiger partial charge >= 0.3 is 5.97 Å². The van der Waals surface area contributed by atoms with Crippen molar-refractivity contribution < 1.29 is 19.7 Å². The van der Waals surface area contributed by atoms with Crippen LogP contribution in [0.4, 0.5) is 0 Å². The highest BCUT2D eigenvalue weighted by molar-refractivity contribution is 5.86. The quantitative estimate of drug-likeness (QED) is 0.152. The van der Waals surface area contributed by atoms with E-state index in [2.05, 4.69) is 33.9 Å². The van der Waals surface area contributed by atoms with E-state index in [0.29, 0.717) is 45.5 Å². The number of ether oxygens (including phenoxy) is 1. The normalized spacial score (nSPS) is 11.3. The third kappa shape index (κ3) is 5.74. The van der Waals surface area contributed by atoms with Crippen LogP contribution in [-0.4, -0.2) is 52.8 Å². The van der Waals surface area contributed by atoms with Crippen molar-refractivity contribution in [2.75, 3.05) is 6.61 Å². The van der Waals surface area contributed by atoms with Crippen molar-refractivity contribution in [3.05, 3.63) is 107 Å². The van der Waals surface area contributed by atoms with Gasteiger partial charge in [0, 0.05) is 29.5 Å². The number of phenolic OH excluding ortho intramolecular Hbond substituents is 2. The fourth-order valence-electron chi connectivity index (χ4n) is 5.16. The van der Waals surface area contributed by atoms with E-state index in [9.17, 15) is 15.0 Å². The zero-order valence-corrected chi connectivity index (χ0v) is 24.6. The van der Waals surface area contributed by atoms with Gasteiger partial charge in [-0.2, -0.15) is 0 Å². The number of aryl methyl sites for hydroxylation is 1. The van der Waals surface area contributed by atoms with Crippen molar-refractivity contribution in [1.82, 2.24) is 30.0 Å². The molecular formula is C34H32N6O4. The molecule has 222 valence electrons. The molecule has 0 atom stereocenters. The van der Waals surface area contributed by atoms with E-state index in [4.69, 9.17) is 4.74 Å². The molecule has 0 aliphatic carbocycles. The number of rotatable bonds is 10. The third-order valence-electron chi connectivity index (χ3n) is 7.35. The van der Waals surface area contributed by atoms with Crippen LogP contribution in [0.3, 0.4) is 0 Å². The van der Waals surface area contributed by atoms with Crippen molar-refractivity contribution in [2.24, 2.45) is 0 Å². The number of carbonyl (C=O) groups excluding carboxylic acids is 1. The first-order chi connectivity index (χ1) is 21.3. The Hall–Kier alpha value is -5.51. The van der Waals surface area contributed by atoms with Crippen LogP contribution in [-0.2, 0) is 28.8 Å². The van der Waals surface area contributed by atoms with Crippen LogP contribution in [0.25, 0.3) is 33.4 Å². The van der Waals surface area contributed by atoms with Gasteiger partial charge in [0.1, 0.15) is 44.9 Å². The van der Waals surface area contributed by atoms with Crippen LogP contribution >= 0.6 is 0 Å². The number of aromatic hydroxyl groups is 2. The highest BCUT2D eigenvalue weighted by atomic mass is 16.5. The van der Waals surface area contributed by atoms with Crippen molar-refractivity contribution >= 4 is 28.0 Å². The van der Waals surface area contributed by atoms with E-state index >= 15 is 0 Å². The molecule has 0 spiro atoms. The van der Waals surface area contributed by atoms with Crippen LogP contribution in [0, 0.1) is 0 Å². The van der Waals surface area contributed by atoms with E-state index in [1.54, 1.807) is 13.0 Å². The fourth-order valence-corrected chi connectivity index (χ4v) is 5.16. The average Bonchev–Trinajstić information content (AvgIpc) is 3.64. The van der Waals surface area contributed by atoms with Crippen molar-refractivity contribution in [1.29, 1.82) is 0 Å². The summed E-state index contributed by atoms with van der Waals surface area (Å²) in [4.78, 5) is 14.9. The summed E-state index contributed by atoms with van der Waals surface area (Å²) in [6.07, 6.45) is 2.29. The lowest BCUT2D eigenvalue weighted by atomic mass is 9.96. The number of aromatic nitrogens is 6. The van der Waals surface area contributed by atoms with E-state index in [0.717, 1.165) is 35.0 Å². The number of phenols is 2. The lowest BCUT2D eigenvalue weighted by Gasteiger charge is -2.16. The molecule has 0 fully saturated rings. The molecule has 0 amide bonds. The van der Waals surface area contributed by atoms with Gasteiger partial charge < -0.3 is 14.9 Å². The molecule has 2 heterocycles. The monoisotopic (exact) mass is 588 g/mol. The van der Waals surface area contributed by atoms with Crippen LogP contribution < -0.4 is 0 Å². The number of hydrogen-bond donors (Lipinski definition) is 2. The topological polar surface area (TPSA) is 128 Å². The van der Waals surface area contributed by atoms with Crippen molar-refractivity contribution in [3.8, 4) is 22.9 Å². The van der Waals surface area contributed by atoms with Gasteiger partial charge in [-0.15, -0.1) is 30.0 Å². The Kier molecular flexibility index (Phi) is 7.80. The van der Waals surface area contributed by atoms with Crippen LogP contribution in [0.5, 0.6) is 11.5 Å². The van der Waals surface area contributed by atoms with E-state index in [1.165, 1.54) is 9.59 Å². The molecule has 0 bridgehead atoms. The summed E-state index contributed by atoms with van der Waals surface area (Å²) in [7, 11) is 0. The van der Waals surface area contributed by atoms with Crippen molar-refractivity contribution in [2.45, 2.75) is 39.5 Å². The molecule has 44 heavy (non-hydrogen) atoms. The Morgan fingerprint density at radius 3 is 1.59 bits per heavy atom. The number of fused-ring (bicyclic) bond motifs is 2. The molecule has 0 saturated carbocycles. The maximum absolute atomic E-state index is 12.0. The summed E-state index contributed by atoms with van der Waals surface area (Å²) in [5.41, 5.74) is 6.94. The first-order valence-electron chi connectivity index (χ1n) is 14.5. The lowest BCUT2D eigenvalue weighted by Crippen LogP contribution is -2.09. The largest absolute Gasteiger partial charge is 0.505 e. The van der Waals surface area contributed by atoms with E-state index in [-0.39, 0.29) is 24.5 Å².